The molecule has 0 aliphatic heterocycles. The molecule has 0 aliphatic carbocycles. The van der Waals surface area contributed by atoms with Gasteiger partial charge in [0.15, 0.2) is 0 Å². The highest BCUT2D eigenvalue weighted by Gasteiger charge is 2.19. The lowest BCUT2D eigenvalue weighted by Crippen LogP contribution is -2.22. The maximum Gasteiger partial charge on any atom is 0.245 e. The molecule has 2 aromatic carbocycles. The zero-order valence-corrected chi connectivity index (χ0v) is 17.6. The molecular formula is C21H24N4O4S. The van der Waals surface area contributed by atoms with E-state index in [9.17, 15) is 18.4 Å². The van der Waals surface area contributed by atoms with Crippen LogP contribution in [0.25, 0.3) is 16.9 Å². The van der Waals surface area contributed by atoms with Crippen LogP contribution in [0.3, 0.4) is 0 Å². The van der Waals surface area contributed by atoms with Crippen molar-refractivity contribution in [3.8, 4) is 16.9 Å². The van der Waals surface area contributed by atoms with Gasteiger partial charge < -0.3 is 0 Å². The third-order valence-corrected chi connectivity index (χ3v) is 5.65. The van der Waals surface area contributed by atoms with Crippen LogP contribution in [-0.4, -0.2) is 41.4 Å². The first-order valence-corrected chi connectivity index (χ1v) is 10.9. The summed E-state index contributed by atoms with van der Waals surface area (Å²) in [6, 6.07) is 16.1. The van der Waals surface area contributed by atoms with Crippen molar-refractivity contribution in [1.82, 2.24) is 14.8 Å². The number of rotatable bonds is 7. The molecule has 3 aromatic rings. The van der Waals surface area contributed by atoms with Gasteiger partial charge >= 0.3 is 0 Å². The number of carbonyl (C=O) groups excluding carboxylic acids is 1. The maximum absolute atomic E-state index is 12.1. The SMILES string of the molecule is Cc1ccc(-c2cc(CCCC(=O)N(C)O)nn2-c2ccccc2S(N)(=O)=O)cc1. The number of para-hydroxylation sites is 1. The standard InChI is InChI=1S/C21H24N4O4S/c1-15-10-12-16(13-11-15)19-14-17(6-5-9-21(26)24(2)27)23-25(19)18-7-3-4-8-20(18)30(22,28)29/h3-4,7-8,10-14,27H,5-6,9H2,1-2H3,(H2,22,28,29). The molecule has 0 unspecified atom stereocenters. The lowest BCUT2D eigenvalue weighted by Gasteiger charge is -2.11. The third kappa shape index (κ3) is 4.93. The largest absolute Gasteiger partial charge is 0.286 e. The van der Waals surface area contributed by atoms with Gasteiger partial charge in [0, 0.05) is 19.0 Å². The Morgan fingerprint density at radius 1 is 1.17 bits per heavy atom. The molecule has 0 aliphatic rings. The van der Waals surface area contributed by atoms with Crippen molar-refractivity contribution in [3.05, 3.63) is 65.9 Å². The molecule has 0 saturated heterocycles. The Labute approximate surface area is 175 Å². The van der Waals surface area contributed by atoms with Gasteiger partial charge in [0.05, 0.1) is 17.1 Å². The highest BCUT2D eigenvalue weighted by atomic mass is 32.2. The zero-order valence-electron chi connectivity index (χ0n) is 16.8. The van der Waals surface area contributed by atoms with E-state index in [1.165, 1.54) is 13.1 Å². The number of hydroxylamine groups is 2. The fourth-order valence-corrected chi connectivity index (χ4v) is 3.84. The zero-order chi connectivity index (χ0) is 21.9. The number of primary sulfonamides is 1. The molecule has 1 aromatic heterocycles. The van der Waals surface area contributed by atoms with E-state index >= 15 is 0 Å². The minimum absolute atomic E-state index is 0.0231. The van der Waals surface area contributed by atoms with Gasteiger partial charge in [-0.25, -0.2) is 23.3 Å². The average Bonchev–Trinajstić information content (AvgIpc) is 3.11. The van der Waals surface area contributed by atoms with Crippen LogP contribution in [0.2, 0.25) is 0 Å². The minimum atomic E-state index is -3.95. The number of carbonyl (C=O) groups is 1. The quantitative estimate of drug-likeness (QED) is 0.443. The van der Waals surface area contributed by atoms with Gasteiger partial charge in [-0.2, -0.15) is 5.10 Å². The predicted octanol–water partition coefficient (Wildman–Crippen LogP) is 2.67. The lowest BCUT2D eigenvalue weighted by atomic mass is 10.1. The summed E-state index contributed by atoms with van der Waals surface area (Å²) < 4.78 is 25.8. The van der Waals surface area contributed by atoms with E-state index in [0.29, 0.717) is 35.0 Å². The number of benzene rings is 2. The first-order chi connectivity index (χ1) is 14.2. The summed E-state index contributed by atoms with van der Waals surface area (Å²) in [5.41, 5.74) is 3.74. The predicted molar refractivity (Wildman–Crippen MR) is 113 cm³/mol. The number of nitrogens with two attached hydrogens (primary N) is 1. The first kappa shape index (κ1) is 21.7. The smallest absolute Gasteiger partial charge is 0.245 e. The van der Waals surface area contributed by atoms with Crippen LogP contribution in [0.15, 0.2) is 59.5 Å². The van der Waals surface area contributed by atoms with Crippen LogP contribution < -0.4 is 5.14 Å². The second kappa shape index (κ2) is 8.78. The van der Waals surface area contributed by atoms with Crippen LogP contribution in [0.4, 0.5) is 0 Å². The summed E-state index contributed by atoms with van der Waals surface area (Å²) in [6.07, 6.45) is 1.15. The molecule has 0 spiro atoms. The van der Waals surface area contributed by atoms with Gasteiger partial charge in [0.1, 0.15) is 4.90 Å². The summed E-state index contributed by atoms with van der Waals surface area (Å²) >= 11 is 0. The fraction of sp³-hybridized carbons (Fsp3) is 0.238. The van der Waals surface area contributed by atoms with Crippen LogP contribution in [0.1, 0.15) is 24.1 Å². The molecule has 1 amide bonds. The normalized spacial score (nSPS) is 11.5. The van der Waals surface area contributed by atoms with Gasteiger partial charge in [-0.15, -0.1) is 0 Å². The molecule has 0 radical (unpaired) electrons. The molecule has 3 rings (SSSR count). The van der Waals surface area contributed by atoms with Crippen molar-refractivity contribution >= 4 is 15.9 Å². The Morgan fingerprint density at radius 2 is 1.83 bits per heavy atom. The molecule has 8 nitrogen and oxygen atoms in total. The Balaban J connectivity index is 2.04. The fourth-order valence-electron chi connectivity index (χ4n) is 3.12. The van der Waals surface area contributed by atoms with Crippen molar-refractivity contribution in [1.29, 1.82) is 0 Å². The Kier molecular flexibility index (Phi) is 6.35. The van der Waals surface area contributed by atoms with Gasteiger partial charge in [-0.1, -0.05) is 42.0 Å². The van der Waals surface area contributed by atoms with E-state index in [1.54, 1.807) is 22.9 Å². The van der Waals surface area contributed by atoms with Crippen molar-refractivity contribution in [2.24, 2.45) is 5.14 Å². The van der Waals surface area contributed by atoms with Crippen molar-refractivity contribution in [2.75, 3.05) is 7.05 Å². The van der Waals surface area contributed by atoms with Gasteiger partial charge in [-0.05, 0) is 38.0 Å². The summed E-state index contributed by atoms with van der Waals surface area (Å²) in [5, 5.41) is 19.8. The van der Waals surface area contributed by atoms with Crippen molar-refractivity contribution in [3.63, 3.8) is 0 Å². The second-order valence-electron chi connectivity index (χ2n) is 7.08. The Morgan fingerprint density at radius 3 is 2.47 bits per heavy atom. The monoisotopic (exact) mass is 428 g/mol. The van der Waals surface area contributed by atoms with Gasteiger partial charge in [0.2, 0.25) is 15.9 Å². The maximum atomic E-state index is 12.1. The van der Waals surface area contributed by atoms with Crippen LogP contribution in [0, 0.1) is 6.92 Å². The number of sulfonamides is 1. The van der Waals surface area contributed by atoms with E-state index in [2.05, 4.69) is 5.10 Å². The van der Waals surface area contributed by atoms with E-state index < -0.39 is 10.0 Å². The Hall–Kier alpha value is -3.01. The molecule has 158 valence electrons. The first-order valence-electron chi connectivity index (χ1n) is 9.40. The number of aromatic nitrogens is 2. The number of amides is 1. The van der Waals surface area contributed by atoms with Crippen molar-refractivity contribution in [2.45, 2.75) is 31.1 Å². The van der Waals surface area contributed by atoms with E-state index in [1.807, 2.05) is 37.3 Å². The molecule has 0 saturated carbocycles. The topological polar surface area (TPSA) is 119 Å². The van der Waals surface area contributed by atoms with Crippen LogP contribution in [-0.2, 0) is 21.2 Å². The highest BCUT2D eigenvalue weighted by molar-refractivity contribution is 7.89. The molecule has 1 heterocycles. The number of nitrogens with zero attached hydrogens (tertiary/aromatic N) is 3. The molecule has 0 bridgehead atoms. The summed E-state index contributed by atoms with van der Waals surface area (Å²) in [4.78, 5) is 11.6. The molecule has 0 atom stereocenters. The molecule has 9 heteroatoms. The molecule has 0 fully saturated rings. The average molecular weight is 429 g/mol. The number of hydrogen-bond acceptors (Lipinski definition) is 5. The third-order valence-electron chi connectivity index (χ3n) is 4.69. The molecule has 3 N–H and O–H groups in total. The molecule has 30 heavy (non-hydrogen) atoms. The van der Waals surface area contributed by atoms with E-state index in [0.717, 1.165) is 11.1 Å². The van der Waals surface area contributed by atoms with Crippen molar-refractivity contribution < 1.29 is 18.4 Å². The summed E-state index contributed by atoms with van der Waals surface area (Å²) in [6.45, 7) is 1.98. The number of hydrogen-bond donors (Lipinski definition) is 2. The minimum Gasteiger partial charge on any atom is -0.286 e. The second-order valence-corrected chi connectivity index (χ2v) is 8.61. The van der Waals surface area contributed by atoms with E-state index in [-0.39, 0.29) is 17.2 Å². The van der Waals surface area contributed by atoms with Crippen LogP contribution >= 0.6 is 0 Å². The Bertz CT molecular complexity index is 1150. The van der Waals surface area contributed by atoms with Gasteiger partial charge in [0.25, 0.3) is 0 Å². The number of aryl methyl sites for hydroxylation is 2. The lowest BCUT2D eigenvalue weighted by molar-refractivity contribution is -0.159. The summed E-state index contributed by atoms with van der Waals surface area (Å²) in [5.74, 6) is -0.382. The van der Waals surface area contributed by atoms with Gasteiger partial charge in [-0.3, -0.25) is 10.0 Å². The van der Waals surface area contributed by atoms with E-state index in [4.69, 9.17) is 5.14 Å². The highest BCUT2D eigenvalue weighted by Crippen LogP contribution is 2.28. The summed E-state index contributed by atoms with van der Waals surface area (Å²) in [7, 11) is -2.67. The molecular weight excluding hydrogens is 404 g/mol. The van der Waals surface area contributed by atoms with Crippen LogP contribution in [0.5, 0.6) is 0 Å².